The van der Waals surface area contributed by atoms with Crippen LogP contribution in [0.3, 0.4) is 0 Å². The summed E-state index contributed by atoms with van der Waals surface area (Å²) in [5.74, 6) is -1.82. The van der Waals surface area contributed by atoms with Gasteiger partial charge >= 0.3 is 12.5 Å². The van der Waals surface area contributed by atoms with Crippen LogP contribution in [0.25, 0.3) is 0 Å². The standard InChI is InChI=1S/C9H6ClF6NO2/c10-2-4-1-6(19-9(14,15)16)17-5(3-18)7(4)8(11,12)13/h1,18H,2-3H2. The highest BCUT2D eigenvalue weighted by molar-refractivity contribution is 6.17. The zero-order valence-electron chi connectivity index (χ0n) is 8.94. The number of pyridine rings is 1. The average molecular weight is 310 g/mol. The lowest BCUT2D eigenvalue weighted by Gasteiger charge is -2.16. The Morgan fingerprint density at radius 1 is 1.21 bits per heavy atom. The summed E-state index contributed by atoms with van der Waals surface area (Å²) in [7, 11) is 0. The van der Waals surface area contributed by atoms with E-state index in [0.29, 0.717) is 6.07 Å². The van der Waals surface area contributed by atoms with Crippen molar-refractivity contribution in [3.63, 3.8) is 0 Å². The minimum Gasteiger partial charge on any atom is -0.390 e. The summed E-state index contributed by atoms with van der Waals surface area (Å²) >= 11 is 5.26. The van der Waals surface area contributed by atoms with Crippen LogP contribution in [0, 0.1) is 0 Å². The lowest BCUT2D eigenvalue weighted by Crippen LogP contribution is -2.20. The van der Waals surface area contributed by atoms with Gasteiger partial charge in [0.05, 0.1) is 17.9 Å². The Kier molecular flexibility index (Phi) is 4.51. The van der Waals surface area contributed by atoms with E-state index in [4.69, 9.17) is 16.7 Å². The fourth-order valence-corrected chi connectivity index (χ4v) is 1.57. The first-order valence-electron chi connectivity index (χ1n) is 4.61. The van der Waals surface area contributed by atoms with Crippen molar-refractivity contribution in [3.05, 3.63) is 22.9 Å². The van der Waals surface area contributed by atoms with E-state index in [1.54, 1.807) is 0 Å². The zero-order chi connectivity index (χ0) is 14.8. The molecule has 1 heterocycles. The van der Waals surface area contributed by atoms with Gasteiger partial charge in [-0.05, 0) is 5.56 Å². The van der Waals surface area contributed by atoms with Crippen molar-refractivity contribution in [2.45, 2.75) is 25.0 Å². The van der Waals surface area contributed by atoms with E-state index in [1.807, 2.05) is 0 Å². The fraction of sp³-hybridized carbons (Fsp3) is 0.444. The number of nitrogens with zero attached hydrogens (tertiary/aromatic N) is 1. The molecule has 0 unspecified atom stereocenters. The Bertz CT molecular complexity index is 434. The van der Waals surface area contributed by atoms with Gasteiger partial charge in [-0.1, -0.05) is 0 Å². The summed E-state index contributed by atoms with van der Waals surface area (Å²) in [4.78, 5) is 2.98. The van der Waals surface area contributed by atoms with Crippen LogP contribution in [0.1, 0.15) is 16.8 Å². The SMILES string of the molecule is OCc1nc(OC(F)(F)F)cc(CCl)c1C(F)(F)F. The van der Waals surface area contributed by atoms with Crippen molar-refractivity contribution in [2.75, 3.05) is 0 Å². The highest BCUT2D eigenvalue weighted by atomic mass is 35.5. The van der Waals surface area contributed by atoms with Gasteiger partial charge in [0.25, 0.3) is 0 Å². The van der Waals surface area contributed by atoms with Gasteiger partial charge in [-0.15, -0.1) is 24.8 Å². The first-order valence-corrected chi connectivity index (χ1v) is 5.14. The maximum absolute atomic E-state index is 12.7. The molecule has 0 aliphatic carbocycles. The van der Waals surface area contributed by atoms with E-state index >= 15 is 0 Å². The number of hydrogen-bond donors (Lipinski definition) is 1. The van der Waals surface area contributed by atoms with Crippen LogP contribution in [0.2, 0.25) is 0 Å². The summed E-state index contributed by atoms with van der Waals surface area (Å²) in [5.41, 5.74) is -3.00. The summed E-state index contributed by atoms with van der Waals surface area (Å²) in [5, 5.41) is 8.78. The third-order valence-electron chi connectivity index (χ3n) is 1.95. The highest BCUT2D eigenvalue weighted by Crippen LogP contribution is 2.37. The molecule has 0 aromatic carbocycles. The molecule has 0 saturated carbocycles. The summed E-state index contributed by atoms with van der Waals surface area (Å²) in [6.45, 7) is -1.20. The van der Waals surface area contributed by atoms with E-state index in [0.717, 1.165) is 0 Å². The van der Waals surface area contributed by atoms with Gasteiger partial charge < -0.3 is 9.84 Å². The summed E-state index contributed by atoms with van der Waals surface area (Å²) in [6, 6.07) is 0.433. The van der Waals surface area contributed by atoms with Crippen LogP contribution in [0.5, 0.6) is 5.88 Å². The Hall–Kier alpha value is -1.22. The maximum atomic E-state index is 12.7. The molecule has 0 spiro atoms. The molecule has 1 aromatic heterocycles. The number of hydrogen-bond acceptors (Lipinski definition) is 3. The topological polar surface area (TPSA) is 42.4 Å². The van der Waals surface area contributed by atoms with Crippen molar-refractivity contribution in [3.8, 4) is 5.88 Å². The van der Waals surface area contributed by atoms with Gasteiger partial charge in [-0.2, -0.15) is 13.2 Å². The second-order valence-electron chi connectivity index (χ2n) is 3.28. The van der Waals surface area contributed by atoms with Crippen LogP contribution < -0.4 is 4.74 Å². The molecule has 3 nitrogen and oxygen atoms in total. The number of alkyl halides is 7. The molecule has 1 rings (SSSR count). The molecule has 10 heteroatoms. The largest absolute Gasteiger partial charge is 0.574 e. The normalized spacial score (nSPS) is 12.6. The molecule has 0 saturated heterocycles. The zero-order valence-corrected chi connectivity index (χ0v) is 9.70. The minimum atomic E-state index is -5.11. The molecule has 0 bridgehead atoms. The molecule has 0 aliphatic rings. The number of aliphatic hydroxyl groups excluding tert-OH is 1. The molecule has 19 heavy (non-hydrogen) atoms. The van der Waals surface area contributed by atoms with Crippen LogP contribution >= 0.6 is 11.6 Å². The minimum absolute atomic E-state index is 0.433. The molecule has 0 amide bonds. The second-order valence-corrected chi connectivity index (χ2v) is 3.55. The van der Waals surface area contributed by atoms with E-state index in [9.17, 15) is 26.3 Å². The van der Waals surface area contributed by atoms with Crippen LogP contribution in [-0.2, 0) is 18.7 Å². The van der Waals surface area contributed by atoms with Gasteiger partial charge in [-0.3, -0.25) is 0 Å². The number of halogens is 7. The van der Waals surface area contributed by atoms with Gasteiger partial charge in [0.15, 0.2) is 0 Å². The molecule has 1 N–H and O–H groups in total. The van der Waals surface area contributed by atoms with E-state index in [1.165, 1.54) is 0 Å². The van der Waals surface area contributed by atoms with Crippen LogP contribution in [-0.4, -0.2) is 16.5 Å². The van der Waals surface area contributed by atoms with Crippen LogP contribution in [0.15, 0.2) is 6.07 Å². The van der Waals surface area contributed by atoms with Crippen molar-refractivity contribution in [1.29, 1.82) is 0 Å². The predicted octanol–water partition coefficient (Wildman–Crippen LogP) is 3.23. The van der Waals surface area contributed by atoms with Crippen molar-refractivity contribution in [2.24, 2.45) is 0 Å². The van der Waals surface area contributed by atoms with Crippen molar-refractivity contribution in [1.82, 2.24) is 4.98 Å². The number of aliphatic hydroxyl groups is 1. The predicted molar refractivity (Wildman–Crippen MR) is 51.4 cm³/mol. The molecule has 0 radical (unpaired) electrons. The number of rotatable bonds is 3. The second kappa shape index (κ2) is 5.41. The molecule has 0 atom stereocenters. The smallest absolute Gasteiger partial charge is 0.390 e. The molecule has 108 valence electrons. The third kappa shape index (κ3) is 4.13. The Balaban J connectivity index is 3.37. The van der Waals surface area contributed by atoms with Gasteiger partial charge in [0.1, 0.15) is 0 Å². The Morgan fingerprint density at radius 2 is 1.79 bits per heavy atom. The van der Waals surface area contributed by atoms with E-state index in [-0.39, 0.29) is 0 Å². The average Bonchev–Trinajstić information content (AvgIpc) is 2.23. The van der Waals surface area contributed by atoms with Gasteiger partial charge in [-0.25, -0.2) is 4.98 Å². The van der Waals surface area contributed by atoms with Crippen molar-refractivity contribution < 1.29 is 36.2 Å². The number of ether oxygens (including phenoxy) is 1. The van der Waals surface area contributed by atoms with Crippen LogP contribution in [0.4, 0.5) is 26.3 Å². The van der Waals surface area contributed by atoms with E-state index in [2.05, 4.69) is 9.72 Å². The Labute approximate surface area is 107 Å². The first kappa shape index (κ1) is 15.8. The van der Waals surface area contributed by atoms with Gasteiger partial charge in [0, 0.05) is 11.9 Å². The quantitative estimate of drug-likeness (QED) is 0.688. The molecular formula is C9H6ClF6NO2. The number of aromatic nitrogens is 1. The highest BCUT2D eigenvalue weighted by Gasteiger charge is 2.38. The summed E-state index contributed by atoms with van der Waals surface area (Å²) < 4.78 is 77.3. The monoisotopic (exact) mass is 309 g/mol. The summed E-state index contributed by atoms with van der Waals surface area (Å²) in [6.07, 6.45) is -10.0. The third-order valence-corrected chi connectivity index (χ3v) is 2.24. The first-order chi connectivity index (χ1) is 8.58. The fourth-order valence-electron chi connectivity index (χ4n) is 1.36. The lowest BCUT2D eigenvalue weighted by atomic mass is 10.1. The molecule has 0 aliphatic heterocycles. The van der Waals surface area contributed by atoms with Crippen molar-refractivity contribution >= 4 is 11.6 Å². The Morgan fingerprint density at radius 3 is 2.16 bits per heavy atom. The van der Waals surface area contributed by atoms with E-state index < -0.39 is 47.7 Å². The molecule has 0 fully saturated rings. The molecule has 1 aromatic rings. The lowest BCUT2D eigenvalue weighted by molar-refractivity contribution is -0.276. The maximum Gasteiger partial charge on any atom is 0.574 e. The van der Waals surface area contributed by atoms with Gasteiger partial charge in [0.2, 0.25) is 5.88 Å². The molecular weight excluding hydrogens is 304 g/mol.